The van der Waals surface area contributed by atoms with Crippen LogP contribution in [-0.4, -0.2) is 31.6 Å². The third-order valence-electron chi connectivity index (χ3n) is 4.19. The molecule has 0 aromatic heterocycles. The summed E-state index contributed by atoms with van der Waals surface area (Å²) in [6.45, 7) is 1.08. The van der Waals surface area contributed by atoms with Crippen LogP contribution in [0.4, 0.5) is 0 Å². The first kappa shape index (κ1) is 12.6. The predicted octanol–water partition coefficient (Wildman–Crippen LogP) is 3.19. The monoisotopic (exact) mass is 254 g/mol. The zero-order valence-corrected chi connectivity index (χ0v) is 11.8. The van der Waals surface area contributed by atoms with Crippen molar-refractivity contribution in [2.24, 2.45) is 0 Å². The quantitative estimate of drug-likeness (QED) is 0.881. The van der Waals surface area contributed by atoms with Crippen molar-refractivity contribution < 1.29 is 0 Å². The highest BCUT2D eigenvalue weighted by Crippen LogP contribution is 2.29. The zero-order valence-electron chi connectivity index (χ0n) is 11.8. The molecule has 1 atom stereocenters. The van der Waals surface area contributed by atoms with Gasteiger partial charge in [-0.2, -0.15) is 0 Å². The van der Waals surface area contributed by atoms with E-state index in [2.05, 4.69) is 66.8 Å². The topological polar surface area (TPSA) is 15.3 Å². The summed E-state index contributed by atoms with van der Waals surface area (Å²) >= 11 is 0. The van der Waals surface area contributed by atoms with Gasteiger partial charge in [0.1, 0.15) is 0 Å². The van der Waals surface area contributed by atoms with Crippen LogP contribution in [0.5, 0.6) is 0 Å². The van der Waals surface area contributed by atoms with Crippen LogP contribution in [0, 0.1) is 0 Å². The molecule has 2 heteroatoms. The van der Waals surface area contributed by atoms with Gasteiger partial charge in [-0.3, -0.25) is 0 Å². The standard InChI is InChI=1S/C17H22N2/c1-18-17(12-19(2)14-10-11-14)16-9-5-7-13-6-3-4-8-15(13)16/h3-9,14,17-18H,10-12H2,1-2H3. The Bertz CT molecular complexity index is 555. The summed E-state index contributed by atoms with van der Waals surface area (Å²) in [6.07, 6.45) is 2.73. The van der Waals surface area contributed by atoms with E-state index in [9.17, 15) is 0 Å². The SMILES string of the molecule is CNC(CN(C)C1CC1)c1cccc2ccccc12. The van der Waals surface area contributed by atoms with Crippen LogP contribution in [0.1, 0.15) is 24.4 Å². The van der Waals surface area contributed by atoms with Crippen molar-refractivity contribution in [3.63, 3.8) is 0 Å². The number of nitrogens with one attached hydrogen (secondary N) is 1. The number of fused-ring (bicyclic) bond motifs is 1. The lowest BCUT2D eigenvalue weighted by Gasteiger charge is -2.25. The molecule has 1 aliphatic rings. The van der Waals surface area contributed by atoms with Crippen molar-refractivity contribution in [2.45, 2.75) is 24.9 Å². The second-order valence-electron chi connectivity index (χ2n) is 5.58. The maximum atomic E-state index is 3.48. The molecule has 2 nitrogen and oxygen atoms in total. The van der Waals surface area contributed by atoms with E-state index in [1.807, 2.05) is 0 Å². The van der Waals surface area contributed by atoms with Crippen molar-refractivity contribution in [2.75, 3.05) is 20.6 Å². The molecule has 1 N–H and O–H groups in total. The molecule has 1 saturated carbocycles. The molecular formula is C17H22N2. The van der Waals surface area contributed by atoms with Gasteiger partial charge >= 0.3 is 0 Å². The van der Waals surface area contributed by atoms with E-state index in [-0.39, 0.29) is 0 Å². The lowest BCUT2D eigenvalue weighted by Crippen LogP contribution is -2.32. The van der Waals surface area contributed by atoms with Gasteiger partial charge in [0.25, 0.3) is 0 Å². The van der Waals surface area contributed by atoms with Crippen LogP contribution in [0.15, 0.2) is 42.5 Å². The number of benzene rings is 2. The molecule has 1 unspecified atom stereocenters. The van der Waals surface area contributed by atoms with Crippen LogP contribution < -0.4 is 5.32 Å². The smallest absolute Gasteiger partial charge is 0.0453 e. The molecule has 1 aliphatic carbocycles. The van der Waals surface area contributed by atoms with Crippen molar-refractivity contribution in [3.8, 4) is 0 Å². The van der Waals surface area contributed by atoms with Gasteiger partial charge in [0.05, 0.1) is 0 Å². The Kier molecular flexibility index (Phi) is 3.54. The van der Waals surface area contributed by atoms with Crippen molar-refractivity contribution >= 4 is 10.8 Å². The average molecular weight is 254 g/mol. The molecule has 0 radical (unpaired) electrons. The minimum Gasteiger partial charge on any atom is -0.312 e. The van der Waals surface area contributed by atoms with Crippen LogP contribution >= 0.6 is 0 Å². The minimum atomic E-state index is 0.400. The fourth-order valence-electron chi connectivity index (χ4n) is 2.85. The largest absolute Gasteiger partial charge is 0.312 e. The molecule has 1 fully saturated rings. The summed E-state index contributed by atoms with van der Waals surface area (Å²) in [5.74, 6) is 0. The second-order valence-corrected chi connectivity index (χ2v) is 5.58. The van der Waals surface area contributed by atoms with Gasteiger partial charge in [-0.15, -0.1) is 0 Å². The fraction of sp³-hybridized carbons (Fsp3) is 0.412. The minimum absolute atomic E-state index is 0.400. The lowest BCUT2D eigenvalue weighted by atomic mass is 9.98. The molecule has 2 aromatic rings. The molecule has 0 spiro atoms. The first-order valence-corrected chi connectivity index (χ1v) is 7.15. The number of rotatable bonds is 5. The molecule has 19 heavy (non-hydrogen) atoms. The highest BCUT2D eigenvalue weighted by Gasteiger charge is 2.28. The Balaban J connectivity index is 1.91. The molecule has 0 heterocycles. The first-order valence-electron chi connectivity index (χ1n) is 7.15. The van der Waals surface area contributed by atoms with Crippen LogP contribution in [0.2, 0.25) is 0 Å². The number of likely N-dealkylation sites (N-methyl/N-ethyl adjacent to an activating group) is 2. The average Bonchev–Trinajstić information content (AvgIpc) is 3.28. The molecule has 0 amide bonds. The van der Waals surface area contributed by atoms with Gasteiger partial charge in [0, 0.05) is 18.6 Å². The van der Waals surface area contributed by atoms with Gasteiger partial charge in [0.15, 0.2) is 0 Å². The summed E-state index contributed by atoms with van der Waals surface area (Å²) in [5.41, 5.74) is 1.41. The molecule has 100 valence electrons. The summed E-state index contributed by atoms with van der Waals surface area (Å²) in [6, 6.07) is 16.5. The lowest BCUT2D eigenvalue weighted by molar-refractivity contribution is 0.288. The maximum Gasteiger partial charge on any atom is 0.0453 e. The van der Waals surface area contributed by atoms with Crippen molar-refractivity contribution in [1.29, 1.82) is 0 Å². The number of hydrogen-bond donors (Lipinski definition) is 1. The first-order chi connectivity index (χ1) is 9.29. The van der Waals surface area contributed by atoms with Crippen LogP contribution in [-0.2, 0) is 0 Å². The van der Waals surface area contributed by atoms with E-state index in [0.717, 1.165) is 12.6 Å². The summed E-state index contributed by atoms with van der Waals surface area (Å²) < 4.78 is 0. The van der Waals surface area contributed by atoms with Gasteiger partial charge < -0.3 is 10.2 Å². The Morgan fingerprint density at radius 1 is 1.16 bits per heavy atom. The number of hydrogen-bond acceptors (Lipinski definition) is 2. The van der Waals surface area contributed by atoms with E-state index < -0.39 is 0 Å². The second kappa shape index (κ2) is 5.32. The van der Waals surface area contributed by atoms with Crippen LogP contribution in [0.3, 0.4) is 0 Å². The molecule has 2 aromatic carbocycles. The Morgan fingerprint density at radius 3 is 2.63 bits per heavy atom. The van der Waals surface area contributed by atoms with E-state index in [1.165, 1.54) is 29.2 Å². The Labute approximate surface area is 115 Å². The summed E-state index contributed by atoms with van der Waals surface area (Å²) in [5, 5.41) is 6.18. The summed E-state index contributed by atoms with van der Waals surface area (Å²) in [4.78, 5) is 2.49. The summed E-state index contributed by atoms with van der Waals surface area (Å²) in [7, 11) is 4.31. The highest BCUT2D eigenvalue weighted by atomic mass is 15.2. The van der Waals surface area contributed by atoms with E-state index in [1.54, 1.807) is 0 Å². The molecule has 0 aliphatic heterocycles. The van der Waals surface area contributed by atoms with E-state index in [4.69, 9.17) is 0 Å². The Hall–Kier alpha value is -1.38. The van der Waals surface area contributed by atoms with Gasteiger partial charge in [-0.05, 0) is 43.3 Å². The highest BCUT2D eigenvalue weighted by molar-refractivity contribution is 5.86. The van der Waals surface area contributed by atoms with Gasteiger partial charge in [-0.25, -0.2) is 0 Å². The number of nitrogens with zero attached hydrogens (tertiary/aromatic N) is 1. The molecular weight excluding hydrogens is 232 g/mol. The van der Waals surface area contributed by atoms with Gasteiger partial charge in [0.2, 0.25) is 0 Å². The third-order valence-corrected chi connectivity index (χ3v) is 4.19. The maximum absolute atomic E-state index is 3.48. The van der Waals surface area contributed by atoms with E-state index >= 15 is 0 Å². The van der Waals surface area contributed by atoms with Gasteiger partial charge in [-0.1, -0.05) is 42.5 Å². The van der Waals surface area contributed by atoms with E-state index in [0.29, 0.717) is 6.04 Å². The van der Waals surface area contributed by atoms with Crippen LogP contribution in [0.25, 0.3) is 10.8 Å². The third kappa shape index (κ3) is 2.65. The predicted molar refractivity (Wildman–Crippen MR) is 81.4 cm³/mol. The van der Waals surface area contributed by atoms with Crippen molar-refractivity contribution in [3.05, 3.63) is 48.0 Å². The molecule has 0 bridgehead atoms. The normalized spacial score (nSPS) is 17.0. The fourth-order valence-corrected chi connectivity index (χ4v) is 2.85. The van der Waals surface area contributed by atoms with Crippen molar-refractivity contribution in [1.82, 2.24) is 10.2 Å². The zero-order chi connectivity index (χ0) is 13.2. The molecule has 0 saturated heterocycles. The Morgan fingerprint density at radius 2 is 1.89 bits per heavy atom. The molecule has 3 rings (SSSR count).